The molecule has 11 nitrogen and oxygen atoms in total. The molecule has 6 atom stereocenters. The number of carbonyl (C=O) groups excluding carboxylic acids is 2. The number of aromatic nitrogens is 1. The number of amides is 2. The Morgan fingerprint density at radius 1 is 1.16 bits per heavy atom. The van der Waals surface area contributed by atoms with Gasteiger partial charge in [0, 0.05) is 52.4 Å². The van der Waals surface area contributed by atoms with E-state index in [1.54, 1.807) is 30.2 Å². The van der Waals surface area contributed by atoms with Crippen LogP contribution in [0.15, 0.2) is 41.7 Å². The van der Waals surface area contributed by atoms with Crippen molar-refractivity contribution in [2.24, 2.45) is 0 Å². The van der Waals surface area contributed by atoms with E-state index < -0.39 is 34.8 Å². The SMILES string of the molecule is COC1=CCC2C(=C1)[C@H](O)[C@@](O)(C(=O)N1C[C@@H](C)O[C@@H](C)C1)Cn1c2c(C2CCCCC2)c2ccc(C(=O)NS(=O)[O-])cc21. The fraction of sp³-hybridized carbons (Fsp3) is 0.562. The number of nitrogens with one attached hydrogen (secondary N) is 1. The number of rotatable bonds is 5. The predicted molar refractivity (Wildman–Crippen MR) is 162 cm³/mol. The van der Waals surface area contributed by atoms with Crippen LogP contribution in [0.25, 0.3) is 10.9 Å². The standard InChI is InChI=1S/C32H41N3O8S/c1-18-15-34(16-19(2)43-18)31(38)32(39)17-35-26-13-21(30(37)33-44(40)41)9-11-24(26)27(20-7-5-4-6-8-20)28(35)23-12-10-22(42-3)14-25(23)29(32)36/h9-11,13-14,18-20,23,29,36,39H,4-8,12,15-17H2,1-3H3,(H,33,37)(H,40,41)/p-1/t18-,19+,23?,29-,32+/m0/s1. The number of hydrogen-bond donors (Lipinski definition) is 3. The maximum Gasteiger partial charge on any atom is 0.262 e. The van der Waals surface area contributed by atoms with E-state index in [2.05, 4.69) is 0 Å². The van der Waals surface area contributed by atoms with E-state index >= 15 is 0 Å². The number of morpholine rings is 1. The number of benzene rings is 1. The van der Waals surface area contributed by atoms with Crippen molar-refractivity contribution in [1.29, 1.82) is 0 Å². The molecule has 4 aliphatic rings. The number of allylic oxidation sites excluding steroid dienone is 2. The van der Waals surface area contributed by atoms with Crippen LogP contribution >= 0.6 is 0 Å². The Hall–Kier alpha value is -3.03. The summed E-state index contributed by atoms with van der Waals surface area (Å²) in [5.41, 5.74) is 1.01. The second-order valence-electron chi connectivity index (χ2n) is 12.7. The lowest BCUT2D eigenvalue weighted by Crippen LogP contribution is -2.62. The number of nitrogens with zero attached hydrogens (tertiary/aromatic N) is 2. The molecule has 1 saturated carbocycles. The molecule has 2 fully saturated rings. The molecule has 44 heavy (non-hydrogen) atoms. The van der Waals surface area contributed by atoms with Crippen molar-refractivity contribution < 1.29 is 38.0 Å². The second-order valence-corrected chi connectivity index (χ2v) is 13.3. The average Bonchev–Trinajstić information content (AvgIpc) is 3.27. The largest absolute Gasteiger partial charge is 0.755 e. The Morgan fingerprint density at radius 3 is 2.52 bits per heavy atom. The first kappa shape index (κ1) is 31.0. The van der Waals surface area contributed by atoms with Crippen LogP contribution in [0.2, 0.25) is 0 Å². The van der Waals surface area contributed by atoms with Gasteiger partial charge in [-0.15, -0.1) is 0 Å². The first-order valence-electron chi connectivity index (χ1n) is 15.4. The summed E-state index contributed by atoms with van der Waals surface area (Å²) >= 11 is -2.79. The molecule has 1 aromatic heterocycles. The summed E-state index contributed by atoms with van der Waals surface area (Å²) in [6, 6.07) is 5.08. The molecule has 2 amide bonds. The van der Waals surface area contributed by atoms with Gasteiger partial charge in [-0.2, -0.15) is 0 Å². The number of hydrogen-bond acceptors (Lipinski definition) is 8. The normalized spacial score (nSPS) is 30.0. The van der Waals surface area contributed by atoms with Crippen molar-refractivity contribution >= 4 is 34.0 Å². The Kier molecular flexibility index (Phi) is 8.48. The van der Waals surface area contributed by atoms with E-state index in [0.717, 1.165) is 48.7 Å². The van der Waals surface area contributed by atoms with Crippen LogP contribution in [0.1, 0.15) is 85.8 Å². The van der Waals surface area contributed by atoms with Crippen LogP contribution in [0, 0.1) is 0 Å². The number of aliphatic hydroxyl groups is 2. The lowest BCUT2D eigenvalue weighted by molar-refractivity contribution is -0.173. The quantitative estimate of drug-likeness (QED) is 0.429. The van der Waals surface area contributed by atoms with Gasteiger partial charge in [0.25, 0.3) is 11.8 Å². The summed E-state index contributed by atoms with van der Waals surface area (Å²) < 4.78 is 37.7. The third-order valence-corrected chi connectivity index (χ3v) is 10.0. The molecule has 3 heterocycles. The van der Waals surface area contributed by atoms with E-state index in [1.807, 2.05) is 35.3 Å². The molecule has 2 aliphatic carbocycles. The van der Waals surface area contributed by atoms with Crippen LogP contribution in [0.3, 0.4) is 0 Å². The zero-order valence-corrected chi connectivity index (χ0v) is 26.1. The first-order chi connectivity index (χ1) is 21.0. The minimum Gasteiger partial charge on any atom is -0.755 e. The monoisotopic (exact) mass is 626 g/mol. The molecule has 6 rings (SSSR count). The lowest BCUT2D eigenvalue weighted by atomic mass is 9.75. The maximum atomic E-state index is 14.3. The van der Waals surface area contributed by atoms with Crippen LogP contribution in [-0.4, -0.2) is 84.4 Å². The number of carbonyl (C=O) groups is 2. The molecule has 1 saturated heterocycles. The van der Waals surface area contributed by atoms with Crippen LogP contribution in [-0.2, 0) is 32.1 Å². The number of fused-ring (bicyclic) bond motifs is 5. The van der Waals surface area contributed by atoms with Gasteiger partial charge >= 0.3 is 0 Å². The van der Waals surface area contributed by atoms with Gasteiger partial charge in [0.1, 0.15) is 11.9 Å². The highest BCUT2D eigenvalue weighted by Gasteiger charge is 2.53. The molecule has 238 valence electrons. The zero-order valence-electron chi connectivity index (χ0n) is 25.3. The number of aliphatic hydroxyl groups excluding tert-OH is 1. The fourth-order valence-electron chi connectivity index (χ4n) is 7.82. The highest BCUT2D eigenvalue weighted by atomic mass is 32.2. The summed E-state index contributed by atoms with van der Waals surface area (Å²) in [5, 5.41) is 25.4. The topological polar surface area (TPSA) is 153 Å². The zero-order chi connectivity index (χ0) is 31.3. The fourth-order valence-corrected chi connectivity index (χ4v) is 8.09. The first-order valence-corrected chi connectivity index (χ1v) is 16.5. The Morgan fingerprint density at radius 2 is 1.86 bits per heavy atom. The van der Waals surface area contributed by atoms with E-state index in [1.165, 1.54) is 0 Å². The third-order valence-electron chi connectivity index (χ3n) is 9.67. The third kappa shape index (κ3) is 5.40. The summed E-state index contributed by atoms with van der Waals surface area (Å²) in [7, 11) is 1.55. The van der Waals surface area contributed by atoms with E-state index in [4.69, 9.17) is 9.47 Å². The molecular formula is C32H40N3O8S-. The number of methoxy groups -OCH3 is 1. The molecule has 2 aromatic rings. The van der Waals surface area contributed by atoms with Crippen molar-refractivity contribution in [2.75, 3.05) is 20.2 Å². The van der Waals surface area contributed by atoms with Gasteiger partial charge in [0.15, 0.2) is 5.60 Å². The maximum absolute atomic E-state index is 14.3. The van der Waals surface area contributed by atoms with Crippen LogP contribution < -0.4 is 4.72 Å². The molecule has 3 N–H and O–H groups in total. The summed E-state index contributed by atoms with van der Waals surface area (Å²) in [4.78, 5) is 28.7. The Labute approximate surface area is 259 Å². The Balaban J connectivity index is 1.58. The molecule has 2 aliphatic heterocycles. The van der Waals surface area contributed by atoms with Gasteiger partial charge in [-0.1, -0.05) is 25.3 Å². The average molecular weight is 627 g/mol. The summed E-state index contributed by atoms with van der Waals surface area (Å²) in [6.45, 7) is 4.03. The number of ether oxygens (including phenoxy) is 2. The van der Waals surface area contributed by atoms with Crippen LogP contribution in [0.4, 0.5) is 0 Å². The smallest absolute Gasteiger partial charge is 0.262 e. The second kappa shape index (κ2) is 12.1. The van der Waals surface area contributed by atoms with Gasteiger partial charge in [-0.25, -0.2) is 0 Å². The van der Waals surface area contributed by atoms with Crippen molar-refractivity contribution in [3.05, 3.63) is 58.5 Å². The lowest BCUT2D eigenvalue weighted by Gasteiger charge is -2.41. The van der Waals surface area contributed by atoms with Crippen molar-refractivity contribution in [3.8, 4) is 0 Å². The molecule has 0 spiro atoms. The highest BCUT2D eigenvalue weighted by Crippen LogP contribution is 2.50. The van der Waals surface area contributed by atoms with E-state index in [9.17, 15) is 28.6 Å². The molecular weight excluding hydrogens is 586 g/mol. The predicted octanol–water partition coefficient (Wildman–Crippen LogP) is 2.90. The minimum atomic E-state index is -2.79. The van der Waals surface area contributed by atoms with Crippen molar-refractivity contribution in [1.82, 2.24) is 14.2 Å². The molecule has 12 heteroatoms. The van der Waals surface area contributed by atoms with Gasteiger partial charge in [-0.05, 0) is 74.4 Å². The van der Waals surface area contributed by atoms with Gasteiger partial charge < -0.3 is 33.7 Å². The molecule has 0 radical (unpaired) electrons. The molecule has 1 aromatic carbocycles. The van der Waals surface area contributed by atoms with Crippen molar-refractivity contribution in [2.45, 2.75) is 94.7 Å². The molecule has 0 bridgehead atoms. The van der Waals surface area contributed by atoms with Gasteiger partial charge in [-0.3, -0.25) is 18.5 Å². The highest BCUT2D eigenvalue weighted by molar-refractivity contribution is 7.77. The minimum absolute atomic E-state index is 0.133. The summed E-state index contributed by atoms with van der Waals surface area (Å²) in [5.74, 6) is -0.969. The van der Waals surface area contributed by atoms with Crippen LogP contribution in [0.5, 0.6) is 0 Å². The van der Waals surface area contributed by atoms with Gasteiger partial charge in [0.2, 0.25) is 0 Å². The van der Waals surface area contributed by atoms with E-state index in [0.29, 0.717) is 23.3 Å². The summed E-state index contributed by atoms with van der Waals surface area (Å²) in [6.07, 6.45) is 7.41. The van der Waals surface area contributed by atoms with Crippen molar-refractivity contribution in [3.63, 3.8) is 0 Å². The molecule has 2 unspecified atom stereocenters. The Bertz CT molecular complexity index is 1550. The van der Waals surface area contributed by atoms with Gasteiger partial charge in [0.05, 0.1) is 25.9 Å². The van der Waals surface area contributed by atoms with E-state index in [-0.39, 0.29) is 49.2 Å².